The lowest BCUT2D eigenvalue weighted by atomic mass is 9.96. The van der Waals surface area contributed by atoms with Gasteiger partial charge in [0, 0.05) is 18.9 Å². The lowest BCUT2D eigenvalue weighted by molar-refractivity contribution is -0.143. The molecule has 0 aromatic rings. The molecule has 0 saturated carbocycles. The normalized spacial score (nSPS) is 22.6. The molecule has 7 heteroatoms. The van der Waals surface area contributed by atoms with Crippen molar-refractivity contribution in [2.45, 2.75) is 44.6 Å². The largest absolute Gasteiger partial charge is 0.466 e. The molecule has 0 aromatic heterocycles. The highest BCUT2D eigenvalue weighted by molar-refractivity contribution is 5.69. The summed E-state index contributed by atoms with van der Waals surface area (Å²) in [6.45, 7) is 1.13. The maximum absolute atomic E-state index is 13.1. The summed E-state index contributed by atoms with van der Waals surface area (Å²) in [5, 5.41) is 8.89. The summed E-state index contributed by atoms with van der Waals surface area (Å²) in [4.78, 5) is 22.8. The van der Waals surface area contributed by atoms with Gasteiger partial charge in [-0.25, -0.2) is 13.6 Å². The van der Waals surface area contributed by atoms with Crippen molar-refractivity contribution in [1.82, 2.24) is 4.90 Å². The lowest BCUT2D eigenvalue weighted by Gasteiger charge is -2.37. The number of amides is 1. The summed E-state index contributed by atoms with van der Waals surface area (Å²) in [5.41, 5.74) is 0. The third kappa shape index (κ3) is 4.12. The number of halogens is 2. The van der Waals surface area contributed by atoms with Crippen molar-refractivity contribution in [2.24, 2.45) is 0 Å². The molecule has 0 aromatic carbocycles. The summed E-state index contributed by atoms with van der Waals surface area (Å²) >= 11 is 0. The fourth-order valence-electron chi connectivity index (χ4n) is 2.03. The maximum Gasteiger partial charge on any atom is 0.407 e. The molecular weight excluding hydrogens is 248 g/mol. The van der Waals surface area contributed by atoms with E-state index in [1.165, 1.54) is 0 Å². The standard InChI is InChI=1S/C11H17F2NO4/c1-2-18-9(15)4-3-8-5-6-11(12,13)7-14(8)10(16)17/h8H,2-7H2,1H3,(H,16,17). The van der Waals surface area contributed by atoms with E-state index in [1.54, 1.807) is 6.92 Å². The van der Waals surface area contributed by atoms with E-state index in [1.807, 2.05) is 0 Å². The first kappa shape index (κ1) is 14.7. The van der Waals surface area contributed by atoms with Crippen LogP contribution in [0.25, 0.3) is 0 Å². The molecular formula is C11H17F2NO4. The van der Waals surface area contributed by atoms with Crippen LogP contribution in [0.15, 0.2) is 0 Å². The van der Waals surface area contributed by atoms with Crippen LogP contribution in [0, 0.1) is 0 Å². The van der Waals surface area contributed by atoms with Gasteiger partial charge in [0.15, 0.2) is 0 Å². The van der Waals surface area contributed by atoms with Gasteiger partial charge in [-0.1, -0.05) is 0 Å². The number of carbonyl (C=O) groups is 2. The van der Waals surface area contributed by atoms with Gasteiger partial charge in [0.2, 0.25) is 0 Å². The zero-order chi connectivity index (χ0) is 13.8. The van der Waals surface area contributed by atoms with Crippen molar-refractivity contribution in [3.63, 3.8) is 0 Å². The molecule has 1 fully saturated rings. The Morgan fingerprint density at radius 1 is 1.50 bits per heavy atom. The van der Waals surface area contributed by atoms with E-state index in [9.17, 15) is 18.4 Å². The Labute approximate surface area is 104 Å². The minimum Gasteiger partial charge on any atom is -0.466 e. The summed E-state index contributed by atoms with van der Waals surface area (Å²) in [6, 6.07) is -0.536. The minimum absolute atomic E-state index is 0.0495. The van der Waals surface area contributed by atoms with Gasteiger partial charge in [-0.3, -0.25) is 9.69 Å². The van der Waals surface area contributed by atoms with E-state index in [-0.39, 0.29) is 32.3 Å². The number of hydrogen-bond acceptors (Lipinski definition) is 3. The second kappa shape index (κ2) is 5.97. The average molecular weight is 265 g/mol. The highest BCUT2D eigenvalue weighted by Gasteiger charge is 2.42. The van der Waals surface area contributed by atoms with Gasteiger partial charge in [0.25, 0.3) is 5.92 Å². The van der Waals surface area contributed by atoms with Crippen LogP contribution >= 0.6 is 0 Å². The first-order valence-electron chi connectivity index (χ1n) is 5.88. The van der Waals surface area contributed by atoms with Gasteiger partial charge >= 0.3 is 12.1 Å². The van der Waals surface area contributed by atoms with Crippen molar-refractivity contribution in [1.29, 1.82) is 0 Å². The van der Waals surface area contributed by atoms with Crippen LogP contribution in [0.1, 0.15) is 32.6 Å². The Morgan fingerprint density at radius 2 is 2.17 bits per heavy atom. The smallest absolute Gasteiger partial charge is 0.407 e. The highest BCUT2D eigenvalue weighted by Crippen LogP contribution is 2.31. The number of hydrogen-bond donors (Lipinski definition) is 1. The summed E-state index contributed by atoms with van der Waals surface area (Å²) in [6.07, 6.45) is -1.37. The number of rotatable bonds is 4. The molecule has 0 radical (unpaired) electrons. The molecule has 1 heterocycles. The van der Waals surface area contributed by atoms with Gasteiger partial charge in [-0.2, -0.15) is 0 Å². The number of carboxylic acid groups (broad SMARTS) is 1. The van der Waals surface area contributed by atoms with Crippen LogP contribution < -0.4 is 0 Å². The average Bonchev–Trinajstić information content (AvgIpc) is 2.26. The molecule has 1 aliphatic rings. The van der Waals surface area contributed by atoms with Gasteiger partial charge in [-0.15, -0.1) is 0 Å². The molecule has 18 heavy (non-hydrogen) atoms. The fourth-order valence-corrected chi connectivity index (χ4v) is 2.03. The molecule has 1 rings (SSSR count). The van der Waals surface area contributed by atoms with Gasteiger partial charge in [0.1, 0.15) is 0 Å². The van der Waals surface area contributed by atoms with Crippen LogP contribution in [0.5, 0.6) is 0 Å². The minimum atomic E-state index is -2.97. The number of likely N-dealkylation sites (tertiary alicyclic amines) is 1. The molecule has 1 atom stereocenters. The summed E-state index contributed by atoms with van der Waals surface area (Å²) in [5.74, 6) is -3.40. The fraction of sp³-hybridized carbons (Fsp3) is 0.818. The Bertz CT molecular complexity index is 322. The highest BCUT2D eigenvalue weighted by atomic mass is 19.3. The quantitative estimate of drug-likeness (QED) is 0.790. The number of nitrogens with zero attached hydrogens (tertiary/aromatic N) is 1. The van der Waals surface area contributed by atoms with E-state index >= 15 is 0 Å². The molecule has 5 nitrogen and oxygen atoms in total. The zero-order valence-corrected chi connectivity index (χ0v) is 10.2. The molecule has 0 bridgehead atoms. The van der Waals surface area contributed by atoms with Crippen molar-refractivity contribution in [2.75, 3.05) is 13.2 Å². The van der Waals surface area contributed by atoms with E-state index in [4.69, 9.17) is 9.84 Å². The second-order valence-electron chi connectivity index (χ2n) is 4.30. The molecule has 1 N–H and O–H groups in total. The van der Waals surface area contributed by atoms with Crippen molar-refractivity contribution in [3.8, 4) is 0 Å². The number of ether oxygens (including phenoxy) is 1. The number of alkyl halides is 2. The predicted octanol–water partition coefficient (Wildman–Crippen LogP) is 2.11. The van der Waals surface area contributed by atoms with Crippen LogP contribution in [0.3, 0.4) is 0 Å². The van der Waals surface area contributed by atoms with E-state index < -0.39 is 30.6 Å². The number of piperidine rings is 1. The Balaban J connectivity index is 2.53. The van der Waals surface area contributed by atoms with E-state index in [0.29, 0.717) is 0 Å². The SMILES string of the molecule is CCOC(=O)CCC1CCC(F)(F)CN1C(=O)O. The third-order valence-electron chi connectivity index (χ3n) is 2.92. The summed E-state index contributed by atoms with van der Waals surface area (Å²) < 4.78 is 30.9. The van der Waals surface area contributed by atoms with Gasteiger partial charge < -0.3 is 9.84 Å². The first-order chi connectivity index (χ1) is 8.35. The van der Waals surface area contributed by atoms with Crippen LogP contribution in [0.2, 0.25) is 0 Å². The molecule has 1 amide bonds. The Hall–Kier alpha value is -1.40. The van der Waals surface area contributed by atoms with Crippen molar-refractivity contribution in [3.05, 3.63) is 0 Å². The predicted molar refractivity (Wildman–Crippen MR) is 58.6 cm³/mol. The first-order valence-corrected chi connectivity index (χ1v) is 5.88. The molecule has 1 aliphatic heterocycles. The second-order valence-corrected chi connectivity index (χ2v) is 4.30. The maximum atomic E-state index is 13.1. The topological polar surface area (TPSA) is 66.8 Å². The molecule has 0 aliphatic carbocycles. The van der Waals surface area contributed by atoms with Gasteiger partial charge in [-0.05, 0) is 19.8 Å². The van der Waals surface area contributed by atoms with Crippen LogP contribution in [-0.4, -0.2) is 47.2 Å². The lowest BCUT2D eigenvalue weighted by Crippen LogP contribution is -2.51. The third-order valence-corrected chi connectivity index (χ3v) is 2.92. The van der Waals surface area contributed by atoms with Crippen LogP contribution in [-0.2, 0) is 9.53 Å². The zero-order valence-electron chi connectivity index (χ0n) is 10.2. The van der Waals surface area contributed by atoms with E-state index in [0.717, 1.165) is 4.90 Å². The van der Waals surface area contributed by atoms with E-state index in [2.05, 4.69) is 0 Å². The summed E-state index contributed by atoms with van der Waals surface area (Å²) in [7, 11) is 0. The molecule has 1 unspecified atom stereocenters. The molecule has 1 saturated heterocycles. The Morgan fingerprint density at radius 3 is 2.72 bits per heavy atom. The van der Waals surface area contributed by atoms with Crippen molar-refractivity contribution < 1.29 is 28.2 Å². The molecule has 104 valence electrons. The van der Waals surface area contributed by atoms with Crippen LogP contribution in [0.4, 0.5) is 13.6 Å². The molecule has 0 spiro atoms. The number of esters is 1. The van der Waals surface area contributed by atoms with Crippen molar-refractivity contribution >= 4 is 12.1 Å². The van der Waals surface area contributed by atoms with Gasteiger partial charge in [0.05, 0.1) is 13.2 Å². The number of carbonyl (C=O) groups excluding carboxylic acids is 1. The monoisotopic (exact) mass is 265 g/mol. The Kier molecular flexibility index (Phi) is 4.86.